The molecule has 1 aliphatic carbocycles. The number of carbonyl (C=O) groups is 2. The summed E-state index contributed by atoms with van der Waals surface area (Å²) in [6, 6.07) is 4.68. The number of amides is 2. The maximum Gasteiger partial charge on any atom is 0.416 e. The van der Waals surface area contributed by atoms with Gasteiger partial charge in [0.2, 0.25) is 5.91 Å². The highest BCUT2D eigenvalue weighted by atomic mass is 19.4. The van der Waals surface area contributed by atoms with Crippen molar-refractivity contribution in [3.8, 4) is 0 Å². The van der Waals surface area contributed by atoms with Crippen molar-refractivity contribution in [3.63, 3.8) is 0 Å². The Labute approximate surface area is 192 Å². The molecule has 2 atom stereocenters. The van der Waals surface area contributed by atoms with Crippen molar-refractivity contribution < 1.29 is 32.6 Å². The van der Waals surface area contributed by atoms with Gasteiger partial charge in [-0.3, -0.25) is 4.79 Å². The fourth-order valence-corrected chi connectivity index (χ4v) is 4.72. The standard InChI is InChI=1S/C24H33F3N2O4/c1-22(2,3)28-21(31)33-18-10-13-29(15-18)20(30)19(23(32)11-5-4-6-12-23)16-8-7-9-17(14-16)24(25,26)27/h7-9,14,18-19,32H,4-6,10-13,15H2,1-3H3,(H,28,31)/t18-,19?/m1/s1. The maximum absolute atomic E-state index is 13.6. The van der Waals surface area contributed by atoms with Gasteiger partial charge in [-0.2, -0.15) is 13.2 Å². The van der Waals surface area contributed by atoms with Gasteiger partial charge in [0.1, 0.15) is 6.10 Å². The third-order valence-corrected chi connectivity index (χ3v) is 6.26. The van der Waals surface area contributed by atoms with Crippen LogP contribution in [0.25, 0.3) is 0 Å². The van der Waals surface area contributed by atoms with E-state index in [1.54, 1.807) is 0 Å². The van der Waals surface area contributed by atoms with Gasteiger partial charge in [-0.1, -0.05) is 37.5 Å². The third-order valence-electron chi connectivity index (χ3n) is 6.26. The van der Waals surface area contributed by atoms with E-state index in [0.29, 0.717) is 38.6 Å². The summed E-state index contributed by atoms with van der Waals surface area (Å²) in [6.07, 6.45) is -2.20. The molecule has 3 rings (SSSR count). The van der Waals surface area contributed by atoms with Crippen molar-refractivity contribution in [2.75, 3.05) is 13.1 Å². The van der Waals surface area contributed by atoms with Gasteiger partial charge in [0.25, 0.3) is 0 Å². The van der Waals surface area contributed by atoms with Crippen LogP contribution in [-0.4, -0.2) is 52.3 Å². The number of aliphatic hydroxyl groups is 1. The van der Waals surface area contributed by atoms with E-state index in [1.807, 2.05) is 20.8 Å². The van der Waals surface area contributed by atoms with E-state index >= 15 is 0 Å². The fourth-order valence-electron chi connectivity index (χ4n) is 4.72. The topological polar surface area (TPSA) is 78.9 Å². The molecule has 0 aromatic heterocycles. The normalized spacial score (nSPS) is 22.0. The van der Waals surface area contributed by atoms with E-state index in [0.717, 1.165) is 18.6 Å². The molecule has 2 aliphatic rings. The molecule has 2 N–H and O–H groups in total. The predicted molar refractivity (Wildman–Crippen MR) is 117 cm³/mol. The van der Waals surface area contributed by atoms with Crippen LogP contribution < -0.4 is 5.32 Å². The van der Waals surface area contributed by atoms with E-state index in [9.17, 15) is 27.9 Å². The largest absolute Gasteiger partial charge is 0.444 e. The second-order valence-corrected chi connectivity index (χ2v) is 10.2. The van der Waals surface area contributed by atoms with Crippen LogP contribution >= 0.6 is 0 Å². The lowest BCUT2D eigenvalue weighted by molar-refractivity contribution is -0.142. The van der Waals surface area contributed by atoms with Gasteiger partial charge in [-0.25, -0.2) is 4.79 Å². The monoisotopic (exact) mass is 470 g/mol. The molecule has 1 saturated heterocycles. The molecule has 184 valence electrons. The van der Waals surface area contributed by atoms with Crippen molar-refractivity contribution in [1.82, 2.24) is 10.2 Å². The maximum atomic E-state index is 13.6. The predicted octanol–water partition coefficient (Wildman–Crippen LogP) is 4.61. The van der Waals surface area contributed by atoms with Crippen molar-refractivity contribution >= 4 is 12.0 Å². The highest BCUT2D eigenvalue weighted by Crippen LogP contribution is 2.43. The van der Waals surface area contributed by atoms with Crippen molar-refractivity contribution in [2.45, 2.75) is 88.6 Å². The SMILES string of the molecule is CC(C)(C)NC(=O)O[C@@H]1CCN(C(=O)C(c2cccc(C(F)(F)F)c2)C2(O)CCCCC2)C1. The smallest absolute Gasteiger partial charge is 0.416 e. The number of rotatable bonds is 4. The minimum Gasteiger partial charge on any atom is -0.444 e. The van der Waals surface area contributed by atoms with Crippen LogP contribution in [0, 0.1) is 0 Å². The number of hydrogen-bond donors (Lipinski definition) is 2. The Hall–Kier alpha value is -2.29. The molecule has 0 bridgehead atoms. The van der Waals surface area contributed by atoms with Crippen LogP contribution in [0.5, 0.6) is 0 Å². The van der Waals surface area contributed by atoms with E-state index in [1.165, 1.54) is 17.0 Å². The number of likely N-dealkylation sites (tertiary alicyclic amines) is 1. The summed E-state index contributed by atoms with van der Waals surface area (Å²) in [6.45, 7) is 5.91. The van der Waals surface area contributed by atoms with Gasteiger partial charge in [-0.15, -0.1) is 0 Å². The second kappa shape index (κ2) is 9.52. The van der Waals surface area contributed by atoms with Crippen molar-refractivity contribution in [2.24, 2.45) is 0 Å². The van der Waals surface area contributed by atoms with Crippen LogP contribution in [0.1, 0.15) is 76.3 Å². The molecule has 2 fully saturated rings. The highest BCUT2D eigenvalue weighted by molar-refractivity contribution is 5.85. The summed E-state index contributed by atoms with van der Waals surface area (Å²) in [4.78, 5) is 27.2. The number of nitrogens with one attached hydrogen (secondary N) is 1. The summed E-state index contributed by atoms with van der Waals surface area (Å²) in [7, 11) is 0. The number of halogens is 3. The number of ether oxygens (including phenoxy) is 1. The minimum atomic E-state index is -4.55. The zero-order valence-corrected chi connectivity index (χ0v) is 19.4. The van der Waals surface area contributed by atoms with Gasteiger partial charge in [0.05, 0.1) is 23.6 Å². The van der Waals surface area contributed by atoms with Crippen molar-refractivity contribution in [1.29, 1.82) is 0 Å². The molecular formula is C24H33F3N2O4. The van der Waals surface area contributed by atoms with E-state index in [-0.39, 0.29) is 12.1 Å². The Morgan fingerprint density at radius 1 is 1.18 bits per heavy atom. The molecular weight excluding hydrogens is 437 g/mol. The molecule has 0 spiro atoms. The molecule has 9 heteroatoms. The van der Waals surface area contributed by atoms with Crippen molar-refractivity contribution in [3.05, 3.63) is 35.4 Å². The van der Waals surface area contributed by atoms with Gasteiger partial charge in [0.15, 0.2) is 0 Å². The summed E-state index contributed by atoms with van der Waals surface area (Å²) < 4.78 is 45.5. The van der Waals surface area contributed by atoms with Crippen LogP contribution in [0.15, 0.2) is 24.3 Å². The zero-order chi connectivity index (χ0) is 24.4. The van der Waals surface area contributed by atoms with Gasteiger partial charge < -0.3 is 20.1 Å². The van der Waals surface area contributed by atoms with Gasteiger partial charge in [0, 0.05) is 18.5 Å². The molecule has 2 amide bonds. The number of benzene rings is 1. The van der Waals surface area contributed by atoms with E-state index < -0.39 is 46.9 Å². The van der Waals surface area contributed by atoms with Gasteiger partial charge >= 0.3 is 12.3 Å². The van der Waals surface area contributed by atoms with E-state index in [2.05, 4.69) is 5.32 Å². The average Bonchev–Trinajstić information content (AvgIpc) is 3.15. The first kappa shape index (κ1) is 25.3. The quantitative estimate of drug-likeness (QED) is 0.674. The fraction of sp³-hybridized carbons (Fsp3) is 0.667. The van der Waals surface area contributed by atoms with Crippen LogP contribution in [-0.2, 0) is 15.7 Å². The number of alkyl carbamates (subject to hydrolysis) is 1. The molecule has 1 saturated carbocycles. The molecule has 1 heterocycles. The molecule has 1 aromatic rings. The summed E-state index contributed by atoms with van der Waals surface area (Å²) in [5.74, 6) is -1.54. The average molecular weight is 471 g/mol. The first-order valence-electron chi connectivity index (χ1n) is 11.5. The number of alkyl halides is 3. The lowest BCUT2D eigenvalue weighted by atomic mass is 9.72. The van der Waals surface area contributed by atoms with E-state index in [4.69, 9.17) is 4.74 Å². The molecule has 1 aliphatic heterocycles. The third kappa shape index (κ3) is 6.40. The Bertz CT molecular complexity index is 860. The van der Waals surface area contributed by atoms with Crippen LogP contribution in [0.3, 0.4) is 0 Å². The highest BCUT2D eigenvalue weighted by Gasteiger charge is 2.46. The molecule has 6 nitrogen and oxygen atoms in total. The number of hydrogen-bond acceptors (Lipinski definition) is 4. The Balaban J connectivity index is 1.82. The van der Waals surface area contributed by atoms with Crippen LogP contribution in [0.4, 0.5) is 18.0 Å². The molecule has 33 heavy (non-hydrogen) atoms. The minimum absolute atomic E-state index is 0.141. The Morgan fingerprint density at radius 2 is 1.85 bits per heavy atom. The molecule has 0 radical (unpaired) electrons. The lowest BCUT2D eigenvalue weighted by Gasteiger charge is -2.40. The summed E-state index contributed by atoms with van der Waals surface area (Å²) in [5, 5.41) is 14.1. The van der Waals surface area contributed by atoms with Gasteiger partial charge in [-0.05, 0) is 45.2 Å². The second-order valence-electron chi connectivity index (χ2n) is 10.2. The zero-order valence-electron chi connectivity index (χ0n) is 19.4. The summed E-state index contributed by atoms with van der Waals surface area (Å²) >= 11 is 0. The molecule has 1 unspecified atom stereocenters. The first-order chi connectivity index (χ1) is 15.3. The summed E-state index contributed by atoms with van der Waals surface area (Å²) in [5.41, 5.74) is -2.57. The number of nitrogens with zero attached hydrogens (tertiary/aromatic N) is 1. The Kier molecular flexibility index (Phi) is 7.31. The van der Waals surface area contributed by atoms with Crippen LogP contribution in [0.2, 0.25) is 0 Å². The number of carbonyl (C=O) groups excluding carboxylic acids is 2. The first-order valence-corrected chi connectivity index (χ1v) is 11.5. The molecule has 1 aromatic carbocycles. The Morgan fingerprint density at radius 3 is 2.45 bits per heavy atom. The lowest BCUT2D eigenvalue weighted by Crippen LogP contribution is -2.48.